The van der Waals surface area contributed by atoms with E-state index in [0.717, 1.165) is 12.1 Å². The Bertz CT molecular complexity index is 747. The van der Waals surface area contributed by atoms with Crippen LogP contribution in [0.4, 0.5) is 13.2 Å². The predicted octanol–water partition coefficient (Wildman–Crippen LogP) is 2.46. The summed E-state index contributed by atoms with van der Waals surface area (Å²) in [5.74, 6) is -4.46. The van der Waals surface area contributed by atoms with Crippen molar-refractivity contribution in [2.75, 3.05) is 0 Å². The van der Waals surface area contributed by atoms with Gasteiger partial charge in [-0.25, -0.2) is 18.0 Å². The van der Waals surface area contributed by atoms with Gasteiger partial charge in [-0.2, -0.15) is 0 Å². The third-order valence-electron chi connectivity index (χ3n) is 3.34. The van der Waals surface area contributed by atoms with E-state index in [-0.39, 0.29) is 18.4 Å². The van der Waals surface area contributed by atoms with Gasteiger partial charge < -0.3 is 10.4 Å². The fraction of sp³-hybridized carbons (Fsp3) is 0.176. The molecule has 0 aliphatic carbocycles. The minimum atomic E-state index is -1.25. The number of hydrogen-bond donors (Lipinski definition) is 2. The molecule has 24 heavy (non-hydrogen) atoms. The summed E-state index contributed by atoms with van der Waals surface area (Å²) in [5.41, 5.74) is 0.759. The highest BCUT2D eigenvalue weighted by molar-refractivity contribution is 5.85. The first kappa shape index (κ1) is 17.5. The quantitative estimate of drug-likeness (QED) is 0.851. The summed E-state index contributed by atoms with van der Waals surface area (Å²) >= 11 is 0. The molecule has 126 valence electrons. The van der Waals surface area contributed by atoms with Crippen LogP contribution in [0.1, 0.15) is 11.1 Å². The van der Waals surface area contributed by atoms with Crippen LogP contribution in [0.5, 0.6) is 0 Å². The van der Waals surface area contributed by atoms with Crippen LogP contribution in [0.3, 0.4) is 0 Å². The lowest BCUT2D eigenvalue weighted by atomic mass is 10.1. The molecule has 0 bridgehead atoms. The molecule has 2 aromatic rings. The summed E-state index contributed by atoms with van der Waals surface area (Å²) in [5, 5.41) is 11.5. The molecule has 0 saturated heterocycles. The highest BCUT2D eigenvalue weighted by Crippen LogP contribution is 2.10. The Balaban J connectivity index is 2.01. The maximum Gasteiger partial charge on any atom is 0.326 e. The van der Waals surface area contributed by atoms with Crippen molar-refractivity contribution in [3.8, 4) is 0 Å². The van der Waals surface area contributed by atoms with E-state index < -0.39 is 35.4 Å². The van der Waals surface area contributed by atoms with Gasteiger partial charge in [0.1, 0.15) is 11.9 Å². The second kappa shape index (κ2) is 7.63. The first-order chi connectivity index (χ1) is 11.3. The average molecular weight is 337 g/mol. The topological polar surface area (TPSA) is 66.4 Å². The van der Waals surface area contributed by atoms with Gasteiger partial charge in [0.05, 0.1) is 6.42 Å². The summed E-state index contributed by atoms with van der Waals surface area (Å²) in [6, 6.07) is 7.03. The van der Waals surface area contributed by atoms with Crippen LogP contribution < -0.4 is 5.32 Å². The van der Waals surface area contributed by atoms with E-state index in [4.69, 9.17) is 0 Å². The molecule has 0 fully saturated rings. The van der Waals surface area contributed by atoms with Crippen molar-refractivity contribution in [2.45, 2.75) is 18.9 Å². The van der Waals surface area contributed by atoms with Crippen LogP contribution in [0, 0.1) is 17.5 Å². The average Bonchev–Trinajstić information content (AvgIpc) is 2.52. The van der Waals surface area contributed by atoms with Crippen molar-refractivity contribution in [3.63, 3.8) is 0 Å². The van der Waals surface area contributed by atoms with Crippen LogP contribution in [-0.4, -0.2) is 23.0 Å². The second-order valence-electron chi connectivity index (χ2n) is 5.21. The van der Waals surface area contributed by atoms with Crippen LogP contribution in [0.25, 0.3) is 0 Å². The molecule has 0 heterocycles. The third-order valence-corrected chi connectivity index (χ3v) is 3.34. The fourth-order valence-electron chi connectivity index (χ4n) is 2.14. The van der Waals surface area contributed by atoms with Gasteiger partial charge in [-0.3, -0.25) is 4.79 Å². The van der Waals surface area contributed by atoms with E-state index in [2.05, 4.69) is 5.32 Å². The minimum absolute atomic E-state index is 0.0286. The van der Waals surface area contributed by atoms with E-state index in [0.29, 0.717) is 5.56 Å². The number of benzene rings is 2. The number of aliphatic carboxylic acids is 1. The predicted molar refractivity (Wildman–Crippen MR) is 79.7 cm³/mol. The standard InChI is InChI=1S/C17H14F3NO3/c18-12-4-1-10(2-5-12)8-15(17(23)24)21-16(22)9-11-3-6-13(19)14(20)7-11/h1-7,15H,8-9H2,(H,21,22)(H,23,24)/t15-/m0/s1. The van der Waals surface area contributed by atoms with E-state index in [1.807, 2.05) is 0 Å². The Hall–Kier alpha value is -2.83. The lowest BCUT2D eigenvalue weighted by Crippen LogP contribution is -2.43. The molecule has 4 nitrogen and oxygen atoms in total. The van der Waals surface area contributed by atoms with E-state index >= 15 is 0 Å². The van der Waals surface area contributed by atoms with Gasteiger partial charge in [0.2, 0.25) is 5.91 Å². The molecule has 0 saturated carbocycles. The molecule has 1 atom stereocenters. The number of carboxylic acids is 1. The van der Waals surface area contributed by atoms with Gasteiger partial charge in [-0.1, -0.05) is 18.2 Å². The van der Waals surface area contributed by atoms with Gasteiger partial charge in [0, 0.05) is 6.42 Å². The normalized spacial score (nSPS) is 11.8. The van der Waals surface area contributed by atoms with Crippen molar-refractivity contribution in [2.24, 2.45) is 0 Å². The first-order valence-corrected chi connectivity index (χ1v) is 7.05. The SMILES string of the molecule is O=C(Cc1ccc(F)c(F)c1)N[C@@H](Cc1ccc(F)cc1)C(=O)O. The monoisotopic (exact) mass is 337 g/mol. The summed E-state index contributed by atoms with van der Waals surface area (Å²) in [7, 11) is 0. The Morgan fingerprint density at radius 2 is 1.58 bits per heavy atom. The Labute approximate surface area is 135 Å². The van der Waals surface area contributed by atoms with Gasteiger partial charge in [-0.15, -0.1) is 0 Å². The molecule has 2 rings (SSSR count). The summed E-state index contributed by atoms with van der Waals surface area (Å²) in [4.78, 5) is 23.2. The van der Waals surface area contributed by atoms with Gasteiger partial charge >= 0.3 is 5.97 Å². The molecular formula is C17H14F3NO3. The number of carboxylic acid groups (broad SMARTS) is 1. The highest BCUT2D eigenvalue weighted by atomic mass is 19.2. The lowest BCUT2D eigenvalue weighted by Gasteiger charge is -2.15. The summed E-state index contributed by atoms with van der Waals surface area (Å²) in [6.07, 6.45) is -0.316. The van der Waals surface area contributed by atoms with Gasteiger partial charge in [-0.05, 0) is 35.4 Å². The number of amides is 1. The first-order valence-electron chi connectivity index (χ1n) is 7.05. The summed E-state index contributed by atoms with van der Waals surface area (Å²) in [6.45, 7) is 0. The Morgan fingerprint density at radius 3 is 2.17 bits per heavy atom. The Morgan fingerprint density at radius 1 is 0.958 bits per heavy atom. The van der Waals surface area contributed by atoms with E-state index in [1.165, 1.54) is 30.3 Å². The van der Waals surface area contributed by atoms with Crippen molar-refractivity contribution in [1.29, 1.82) is 0 Å². The summed E-state index contributed by atoms with van der Waals surface area (Å²) < 4.78 is 38.8. The molecule has 0 aromatic heterocycles. The molecule has 0 radical (unpaired) electrons. The van der Waals surface area contributed by atoms with Crippen molar-refractivity contribution < 1.29 is 27.9 Å². The highest BCUT2D eigenvalue weighted by Gasteiger charge is 2.20. The molecule has 0 spiro atoms. The van der Waals surface area contributed by atoms with Gasteiger partial charge in [0.25, 0.3) is 0 Å². The maximum absolute atomic E-state index is 13.1. The van der Waals surface area contributed by atoms with Crippen molar-refractivity contribution >= 4 is 11.9 Å². The van der Waals surface area contributed by atoms with Crippen molar-refractivity contribution in [3.05, 3.63) is 71.0 Å². The molecule has 2 N–H and O–H groups in total. The molecule has 7 heteroatoms. The number of nitrogens with one attached hydrogen (secondary N) is 1. The maximum atomic E-state index is 13.1. The minimum Gasteiger partial charge on any atom is -0.480 e. The Kier molecular flexibility index (Phi) is 5.57. The number of hydrogen-bond acceptors (Lipinski definition) is 2. The van der Waals surface area contributed by atoms with Crippen LogP contribution in [-0.2, 0) is 22.4 Å². The van der Waals surface area contributed by atoms with Gasteiger partial charge in [0.15, 0.2) is 11.6 Å². The molecule has 0 unspecified atom stereocenters. The number of halogens is 3. The fourth-order valence-corrected chi connectivity index (χ4v) is 2.14. The van der Waals surface area contributed by atoms with Crippen LogP contribution in [0.2, 0.25) is 0 Å². The molecule has 0 aliphatic heterocycles. The van der Waals surface area contributed by atoms with E-state index in [1.54, 1.807) is 0 Å². The smallest absolute Gasteiger partial charge is 0.326 e. The molecule has 0 aliphatic rings. The molecule has 1 amide bonds. The zero-order chi connectivity index (χ0) is 17.7. The number of carbonyl (C=O) groups excluding carboxylic acids is 1. The van der Waals surface area contributed by atoms with Crippen LogP contribution in [0.15, 0.2) is 42.5 Å². The number of rotatable bonds is 6. The number of carbonyl (C=O) groups is 2. The largest absolute Gasteiger partial charge is 0.480 e. The molecular weight excluding hydrogens is 323 g/mol. The lowest BCUT2D eigenvalue weighted by molar-refractivity contribution is -0.141. The van der Waals surface area contributed by atoms with E-state index in [9.17, 15) is 27.9 Å². The van der Waals surface area contributed by atoms with Crippen molar-refractivity contribution in [1.82, 2.24) is 5.32 Å². The van der Waals surface area contributed by atoms with Crippen LogP contribution >= 0.6 is 0 Å². The molecule has 2 aromatic carbocycles. The third kappa shape index (κ3) is 4.84. The zero-order valence-electron chi connectivity index (χ0n) is 12.4. The zero-order valence-corrected chi connectivity index (χ0v) is 12.4. The second-order valence-corrected chi connectivity index (χ2v) is 5.21.